The molecule has 4 heteroatoms. The van der Waals surface area contributed by atoms with Gasteiger partial charge in [-0.15, -0.1) is 0 Å². The fourth-order valence-corrected chi connectivity index (χ4v) is 3.51. The Hall–Kier alpha value is -2.36. The molecule has 2 aromatic carbocycles. The van der Waals surface area contributed by atoms with Crippen LogP contribution in [0.4, 0.5) is 4.39 Å². The van der Waals surface area contributed by atoms with Gasteiger partial charge in [-0.1, -0.05) is 76.6 Å². The van der Waals surface area contributed by atoms with E-state index in [2.05, 4.69) is 6.92 Å². The van der Waals surface area contributed by atoms with Crippen LogP contribution in [-0.4, -0.2) is 17.7 Å². The van der Waals surface area contributed by atoms with Crippen LogP contribution in [-0.2, 0) is 4.79 Å². The second-order valence-corrected chi connectivity index (χ2v) is 7.56. The molecule has 0 fully saturated rings. The molecule has 0 spiro atoms. The van der Waals surface area contributed by atoms with Crippen LogP contribution in [0.3, 0.4) is 0 Å². The van der Waals surface area contributed by atoms with E-state index in [0.29, 0.717) is 19.4 Å². The van der Waals surface area contributed by atoms with Gasteiger partial charge in [0.05, 0.1) is 12.5 Å². The van der Waals surface area contributed by atoms with Crippen molar-refractivity contribution in [2.45, 2.75) is 71.1 Å². The van der Waals surface area contributed by atoms with Crippen LogP contribution in [0.25, 0.3) is 11.1 Å². The molecule has 0 amide bonds. The lowest BCUT2D eigenvalue weighted by molar-refractivity contribution is -0.139. The molecule has 158 valence electrons. The fourth-order valence-electron chi connectivity index (χ4n) is 3.51. The highest BCUT2D eigenvalue weighted by atomic mass is 19.1. The lowest BCUT2D eigenvalue weighted by Crippen LogP contribution is -2.13. The topological polar surface area (TPSA) is 46.5 Å². The highest BCUT2D eigenvalue weighted by molar-refractivity contribution is 5.76. The number of benzene rings is 2. The molecule has 2 rings (SSSR count). The van der Waals surface area contributed by atoms with Gasteiger partial charge < -0.3 is 9.84 Å². The maximum Gasteiger partial charge on any atom is 0.311 e. The quantitative estimate of drug-likeness (QED) is 0.362. The van der Waals surface area contributed by atoms with Crippen molar-refractivity contribution in [3.8, 4) is 16.9 Å². The molecule has 0 aliphatic heterocycles. The van der Waals surface area contributed by atoms with Crippen LogP contribution in [0.2, 0.25) is 0 Å². The van der Waals surface area contributed by atoms with Crippen molar-refractivity contribution in [2.24, 2.45) is 0 Å². The monoisotopic (exact) mass is 400 g/mol. The van der Waals surface area contributed by atoms with E-state index in [1.165, 1.54) is 38.2 Å². The maximum absolute atomic E-state index is 14.6. The minimum Gasteiger partial charge on any atom is -0.494 e. The van der Waals surface area contributed by atoms with E-state index < -0.39 is 17.7 Å². The van der Waals surface area contributed by atoms with Gasteiger partial charge in [0.2, 0.25) is 0 Å². The van der Waals surface area contributed by atoms with Gasteiger partial charge in [0.15, 0.2) is 0 Å². The normalized spacial score (nSPS) is 12.0. The van der Waals surface area contributed by atoms with Gasteiger partial charge in [0, 0.05) is 5.56 Å². The van der Waals surface area contributed by atoms with Crippen LogP contribution >= 0.6 is 0 Å². The summed E-state index contributed by atoms with van der Waals surface area (Å²) in [4.78, 5) is 11.4. The molecule has 0 aliphatic rings. The van der Waals surface area contributed by atoms with Gasteiger partial charge in [-0.25, -0.2) is 4.39 Å². The summed E-state index contributed by atoms with van der Waals surface area (Å²) in [5.41, 5.74) is 1.86. The zero-order valence-electron chi connectivity index (χ0n) is 17.6. The summed E-state index contributed by atoms with van der Waals surface area (Å²) in [6, 6.07) is 12.4. The van der Waals surface area contributed by atoms with Crippen molar-refractivity contribution in [3.05, 3.63) is 53.8 Å². The SMILES string of the molecule is CCCCCCCCOc1ccc(-c2ccc(C(CCC)C(=O)O)c(F)c2)cc1. The minimum atomic E-state index is -0.981. The van der Waals surface area contributed by atoms with Crippen molar-refractivity contribution < 1.29 is 19.0 Å². The van der Waals surface area contributed by atoms with Gasteiger partial charge in [0.25, 0.3) is 0 Å². The number of rotatable bonds is 13. The van der Waals surface area contributed by atoms with Crippen molar-refractivity contribution >= 4 is 5.97 Å². The number of aliphatic carboxylic acids is 1. The molecule has 0 saturated heterocycles. The lowest BCUT2D eigenvalue weighted by atomic mass is 9.92. The molecular formula is C25H33FO3. The Morgan fingerprint density at radius 3 is 2.21 bits per heavy atom. The smallest absolute Gasteiger partial charge is 0.311 e. The van der Waals surface area contributed by atoms with Gasteiger partial charge in [-0.2, -0.15) is 0 Å². The lowest BCUT2D eigenvalue weighted by Gasteiger charge is -2.14. The summed E-state index contributed by atoms with van der Waals surface area (Å²) < 4.78 is 20.4. The van der Waals surface area contributed by atoms with Crippen molar-refractivity contribution in [1.82, 2.24) is 0 Å². The summed E-state index contributed by atoms with van der Waals surface area (Å²) in [7, 11) is 0. The van der Waals surface area contributed by atoms with Crippen LogP contribution in [0.5, 0.6) is 5.75 Å². The van der Waals surface area contributed by atoms with E-state index in [1.807, 2.05) is 31.2 Å². The number of carboxylic acid groups (broad SMARTS) is 1. The third-order valence-corrected chi connectivity index (χ3v) is 5.21. The van der Waals surface area contributed by atoms with Crippen LogP contribution < -0.4 is 4.74 Å². The molecule has 1 atom stereocenters. The average Bonchev–Trinajstić information content (AvgIpc) is 2.72. The third kappa shape index (κ3) is 7.19. The number of hydrogen-bond donors (Lipinski definition) is 1. The van der Waals surface area contributed by atoms with Gasteiger partial charge in [-0.05, 0) is 42.2 Å². The molecule has 0 radical (unpaired) electrons. The Bertz CT molecular complexity index is 755. The van der Waals surface area contributed by atoms with E-state index in [1.54, 1.807) is 12.1 Å². The number of ether oxygens (including phenoxy) is 1. The number of halogens is 1. The standard InChI is InChI=1S/C25H33FO3/c1-3-5-6-7-8-9-17-29-21-14-11-19(12-15-21)20-13-16-22(24(26)18-20)23(10-4-2)25(27)28/h11-16,18,23H,3-10,17H2,1-2H3,(H,27,28). The highest BCUT2D eigenvalue weighted by Crippen LogP contribution is 2.29. The van der Waals surface area contributed by atoms with Crippen LogP contribution in [0.15, 0.2) is 42.5 Å². The van der Waals surface area contributed by atoms with Crippen molar-refractivity contribution in [2.75, 3.05) is 6.61 Å². The first kappa shape index (κ1) is 22.9. The van der Waals surface area contributed by atoms with E-state index in [9.17, 15) is 14.3 Å². The summed E-state index contributed by atoms with van der Waals surface area (Å²) in [5.74, 6) is -1.43. The summed E-state index contributed by atoms with van der Waals surface area (Å²) in [6.45, 7) is 4.83. The molecule has 0 bridgehead atoms. The van der Waals surface area contributed by atoms with E-state index in [-0.39, 0.29) is 5.56 Å². The Morgan fingerprint density at radius 2 is 1.59 bits per heavy atom. The van der Waals surface area contributed by atoms with Crippen molar-refractivity contribution in [1.29, 1.82) is 0 Å². The zero-order chi connectivity index (χ0) is 21.1. The zero-order valence-corrected chi connectivity index (χ0v) is 17.6. The fraction of sp³-hybridized carbons (Fsp3) is 0.480. The second-order valence-electron chi connectivity index (χ2n) is 7.56. The Kier molecular flexibility index (Phi) is 9.69. The Balaban J connectivity index is 1.94. The number of unbranched alkanes of at least 4 members (excludes halogenated alkanes) is 5. The highest BCUT2D eigenvalue weighted by Gasteiger charge is 2.22. The molecule has 0 heterocycles. The molecule has 0 saturated carbocycles. The maximum atomic E-state index is 14.6. The van der Waals surface area contributed by atoms with E-state index >= 15 is 0 Å². The summed E-state index contributed by atoms with van der Waals surface area (Å²) in [6.07, 6.45) is 8.49. The molecule has 1 unspecified atom stereocenters. The van der Waals surface area contributed by atoms with Crippen molar-refractivity contribution in [3.63, 3.8) is 0 Å². The predicted octanol–water partition coefficient (Wildman–Crippen LogP) is 7.20. The molecule has 2 aromatic rings. The molecular weight excluding hydrogens is 367 g/mol. The molecule has 29 heavy (non-hydrogen) atoms. The summed E-state index contributed by atoms with van der Waals surface area (Å²) >= 11 is 0. The third-order valence-electron chi connectivity index (χ3n) is 5.21. The second kappa shape index (κ2) is 12.3. The number of hydrogen-bond acceptors (Lipinski definition) is 2. The largest absolute Gasteiger partial charge is 0.494 e. The molecule has 3 nitrogen and oxygen atoms in total. The van der Waals surface area contributed by atoms with E-state index in [0.717, 1.165) is 23.3 Å². The average molecular weight is 401 g/mol. The van der Waals surface area contributed by atoms with Gasteiger partial charge >= 0.3 is 5.97 Å². The summed E-state index contributed by atoms with van der Waals surface area (Å²) in [5, 5.41) is 9.36. The van der Waals surface area contributed by atoms with Gasteiger partial charge in [-0.3, -0.25) is 4.79 Å². The predicted molar refractivity (Wildman–Crippen MR) is 116 cm³/mol. The molecule has 0 aromatic heterocycles. The van der Waals surface area contributed by atoms with Gasteiger partial charge in [0.1, 0.15) is 11.6 Å². The Morgan fingerprint density at radius 1 is 0.931 bits per heavy atom. The van der Waals surface area contributed by atoms with Crippen LogP contribution in [0.1, 0.15) is 76.7 Å². The number of carboxylic acids is 1. The first-order valence-electron chi connectivity index (χ1n) is 10.8. The van der Waals surface area contributed by atoms with Crippen LogP contribution in [0, 0.1) is 5.82 Å². The minimum absolute atomic E-state index is 0.252. The number of carbonyl (C=O) groups is 1. The first-order chi connectivity index (χ1) is 14.1. The molecule has 0 aliphatic carbocycles. The van der Waals surface area contributed by atoms with E-state index in [4.69, 9.17) is 4.74 Å². The first-order valence-corrected chi connectivity index (χ1v) is 10.8. The Labute approximate surface area is 173 Å². The molecule has 1 N–H and O–H groups in total.